The van der Waals surface area contributed by atoms with E-state index in [4.69, 9.17) is 30.5 Å². The van der Waals surface area contributed by atoms with E-state index in [-0.39, 0.29) is 24.8 Å². The molecule has 0 aromatic heterocycles. The Morgan fingerprint density at radius 1 is 1.07 bits per heavy atom. The highest BCUT2D eigenvalue weighted by Gasteiger charge is 2.26. The quantitative estimate of drug-likeness (QED) is 0.261. The van der Waals surface area contributed by atoms with Crippen LogP contribution in [0.5, 0.6) is 17.2 Å². The van der Waals surface area contributed by atoms with Crippen molar-refractivity contribution in [2.75, 3.05) is 31.7 Å². The summed E-state index contributed by atoms with van der Waals surface area (Å²) >= 11 is 0. The highest BCUT2D eigenvalue weighted by molar-refractivity contribution is 5.95. The van der Waals surface area contributed by atoms with E-state index in [1.807, 2.05) is 13.8 Å². The molecule has 162 valence electrons. The Morgan fingerprint density at radius 2 is 1.67 bits per heavy atom. The molecule has 1 atom stereocenters. The lowest BCUT2D eigenvalue weighted by molar-refractivity contribution is -0.138. The molecular weight excluding hydrogens is 390 g/mol. The van der Waals surface area contributed by atoms with Crippen molar-refractivity contribution < 1.29 is 29.2 Å². The molecule has 0 aliphatic heterocycles. The van der Waals surface area contributed by atoms with Gasteiger partial charge in [0.1, 0.15) is 18.2 Å². The van der Waals surface area contributed by atoms with E-state index in [1.165, 1.54) is 0 Å². The maximum atomic E-state index is 12.1. The van der Waals surface area contributed by atoms with Gasteiger partial charge < -0.3 is 35.5 Å². The van der Waals surface area contributed by atoms with Crippen molar-refractivity contribution in [3.63, 3.8) is 0 Å². The zero-order valence-corrected chi connectivity index (χ0v) is 17.0. The van der Waals surface area contributed by atoms with Gasteiger partial charge in [0.05, 0.1) is 19.8 Å². The molecule has 6 N–H and O–H groups in total. The standard InChI is InChI=1S/C21H27N3O6/c1-3-28-17-11-15(16(30-10-9-25)12-18(17)29-4-2)19(21(26)27)24-14-7-5-13(6-8-14)20(22)23/h5-8,11-12,19,24-25H,3-4,9-10H2,1-2H3,(H3,22,23)(H,26,27). The Morgan fingerprint density at radius 3 is 2.17 bits per heavy atom. The molecule has 2 aromatic rings. The van der Waals surface area contributed by atoms with Gasteiger partial charge in [0.25, 0.3) is 0 Å². The number of aliphatic hydroxyl groups is 1. The molecular formula is C21H27N3O6. The number of carboxylic acids is 1. The van der Waals surface area contributed by atoms with E-state index < -0.39 is 12.0 Å². The predicted molar refractivity (Wildman–Crippen MR) is 113 cm³/mol. The van der Waals surface area contributed by atoms with Crippen molar-refractivity contribution in [3.05, 3.63) is 47.5 Å². The molecule has 1 unspecified atom stereocenters. The fourth-order valence-electron chi connectivity index (χ4n) is 2.79. The van der Waals surface area contributed by atoms with Crippen LogP contribution in [0.3, 0.4) is 0 Å². The highest BCUT2D eigenvalue weighted by atomic mass is 16.5. The maximum absolute atomic E-state index is 12.1. The number of aliphatic hydroxyl groups excluding tert-OH is 1. The number of rotatable bonds is 12. The van der Waals surface area contributed by atoms with Crippen molar-refractivity contribution in [2.24, 2.45) is 5.73 Å². The molecule has 2 rings (SSSR count). The molecule has 0 saturated carbocycles. The van der Waals surface area contributed by atoms with Crippen molar-refractivity contribution in [1.29, 1.82) is 5.41 Å². The van der Waals surface area contributed by atoms with E-state index in [2.05, 4.69) is 5.32 Å². The molecule has 9 heteroatoms. The molecule has 30 heavy (non-hydrogen) atoms. The number of benzene rings is 2. The van der Waals surface area contributed by atoms with Gasteiger partial charge in [-0.1, -0.05) is 0 Å². The number of nitrogens with two attached hydrogens (primary N) is 1. The minimum atomic E-state index is -1.17. The summed E-state index contributed by atoms with van der Waals surface area (Å²) in [5.41, 5.74) is 6.83. The van der Waals surface area contributed by atoms with Gasteiger partial charge in [0, 0.05) is 22.9 Å². The molecule has 9 nitrogen and oxygen atoms in total. The lowest BCUT2D eigenvalue weighted by Gasteiger charge is -2.22. The number of hydrogen-bond donors (Lipinski definition) is 5. The van der Waals surface area contributed by atoms with Crippen LogP contribution >= 0.6 is 0 Å². The summed E-state index contributed by atoms with van der Waals surface area (Å²) in [4.78, 5) is 12.1. The monoisotopic (exact) mass is 417 g/mol. The molecule has 0 amide bonds. The molecule has 0 fully saturated rings. The number of anilines is 1. The summed E-state index contributed by atoms with van der Waals surface area (Å²) in [5.74, 6) is -0.136. The van der Waals surface area contributed by atoms with Gasteiger partial charge in [-0.05, 0) is 44.2 Å². The Hall–Kier alpha value is -3.46. The highest BCUT2D eigenvalue weighted by Crippen LogP contribution is 2.39. The maximum Gasteiger partial charge on any atom is 0.330 e. The number of hydrogen-bond acceptors (Lipinski definition) is 7. The fourth-order valence-corrected chi connectivity index (χ4v) is 2.79. The van der Waals surface area contributed by atoms with Crippen LogP contribution in [0.25, 0.3) is 0 Å². The van der Waals surface area contributed by atoms with Gasteiger partial charge >= 0.3 is 5.97 Å². The summed E-state index contributed by atoms with van der Waals surface area (Å²) in [6, 6.07) is 8.48. The first-order valence-electron chi connectivity index (χ1n) is 9.52. The van der Waals surface area contributed by atoms with Gasteiger partial charge in [-0.25, -0.2) is 4.79 Å². The van der Waals surface area contributed by atoms with Gasteiger partial charge in [-0.2, -0.15) is 0 Å². The number of nitrogens with one attached hydrogen (secondary N) is 2. The average Bonchev–Trinajstić information content (AvgIpc) is 2.72. The van der Waals surface area contributed by atoms with Crippen molar-refractivity contribution >= 4 is 17.5 Å². The number of amidine groups is 1. The molecule has 0 spiro atoms. The second kappa shape index (κ2) is 10.9. The average molecular weight is 417 g/mol. The van der Waals surface area contributed by atoms with Crippen LogP contribution < -0.4 is 25.3 Å². The summed E-state index contributed by atoms with van der Waals surface area (Å²) < 4.78 is 16.8. The molecule has 0 aliphatic carbocycles. The third-order valence-corrected chi connectivity index (χ3v) is 4.09. The molecule has 0 aliphatic rings. The summed E-state index contributed by atoms with van der Waals surface area (Å²) in [5, 5.41) is 29.4. The Labute approximate surface area is 174 Å². The first-order valence-corrected chi connectivity index (χ1v) is 9.52. The molecule has 0 radical (unpaired) electrons. The molecule has 2 aromatic carbocycles. The van der Waals surface area contributed by atoms with Crippen LogP contribution in [0.1, 0.15) is 31.0 Å². The van der Waals surface area contributed by atoms with Gasteiger partial charge in [-0.3, -0.25) is 5.41 Å². The first kappa shape index (κ1) is 22.8. The second-order valence-corrected chi connectivity index (χ2v) is 6.18. The smallest absolute Gasteiger partial charge is 0.330 e. The van der Waals surface area contributed by atoms with Gasteiger partial charge in [0.2, 0.25) is 0 Å². The molecule has 0 saturated heterocycles. The molecule has 0 bridgehead atoms. The number of aliphatic carboxylic acids is 1. The Bertz CT molecular complexity index is 870. The fraction of sp³-hybridized carbons (Fsp3) is 0.333. The first-order chi connectivity index (χ1) is 14.4. The van der Waals surface area contributed by atoms with Crippen molar-refractivity contribution in [2.45, 2.75) is 19.9 Å². The van der Waals surface area contributed by atoms with Crippen molar-refractivity contribution in [3.8, 4) is 17.2 Å². The summed E-state index contributed by atoms with van der Waals surface area (Å²) in [6.45, 7) is 4.16. The Kier molecular flexibility index (Phi) is 8.30. The largest absolute Gasteiger partial charge is 0.491 e. The topological polar surface area (TPSA) is 147 Å². The third-order valence-electron chi connectivity index (χ3n) is 4.09. The van der Waals surface area contributed by atoms with Crippen LogP contribution in [0.4, 0.5) is 5.69 Å². The lowest BCUT2D eigenvalue weighted by Crippen LogP contribution is -2.22. The zero-order chi connectivity index (χ0) is 22.1. The van der Waals surface area contributed by atoms with E-state index in [9.17, 15) is 9.90 Å². The summed E-state index contributed by atoms with van der Waals surface area (Å²) in [6.07, 6.45) is 0. The predicted octanol–water partition coefficient (Wildman–Crippen LogP) is 2.38. The van der Waals surface area contributed by atoms with Crippen LogP contribution in [0.2, 0.25) is 0 Å². The van der Waals surface area contributed by atoms with E-state index in [0.717, 1.165) is 0 Å². The zero-order valence-electron chi connectivity index (χ0n) is 17.0. The van der Waals surface area contributed by atoms with Crippen LogP contribution in [-0.4, -0.2) is 48.4 Å². The third kappa shape index (κ3) is 5.77. The summed E-state index contributed by atoms with van der Waals surface area (Å²) in [7, 11) is 0. The number of carbonyl (C=O) groups is 1. The van der Waals surface area contributed by atoms with Crippen molar-refractivity contribution in [1.82, 2.24) is 0 Å². The van der Waals surface area contributed by atoms with E-state index in [1.54, 1.807) is 36.4 Å². The van der Waals surface area contributed by atoms with Crippen LogP contribution in [0, 0.1) is 5.41 Å². The normalized spacial score (nSPS) is 11.4. The SMILES string of the molecule is CCOc1cc(OCCO)c(C(Nc2ccc(C(=N)N)cc2)C(=O)O)cc1OCC. The van der Waals surface area contributed by atoms with Crippen LogP contribution in [-0.2, 0) is 4.79 Å². The number of carboxylic acid groups (broad SMARTS) is 1. The minimum Gasteiger partial charge on any atom is -0.491 e. The van der Waals surface area contributed by atoms with Gasteiger partial charge in [0.15, 0.2) is 17.5 Å². The lowest BCUT2D eigenvalue weighted by atomic mass is 10.0. The second-order valence-electron chi connectivity index (χ2n) is 6.18. The van der Waals surface area contributed by atoms with Gasteiger partial charge in [-0.15, -0.1) is 0 Å². The minimum absolute atomic E-state index is 0.00774. The number of nitrogen functional groups attached to an aromatic ring is 1. The van der Waals surface area contributed by atoms with Crippen LogP contribution in [0.15, 0.2) is 36.4 Å². The Balaban J connectivity index is 2.48. The van der Waals surface area contributed by atoms with E-state index in [0.29, 0.717) is 41.5 Å². The van der Waals surface area contributed by atoms with E-state index >= 15 is 0 Å². The number of ether oxygens (including phenoxy) is 3. The molecule has 0 heterocycles.